The third-order valence-electron chi connectivity index (χ3n) is 5.01. The van der Waals surface area contributed by atoms with Gasteiger partial charge in [0.25, 0.3) is 0 Å². The number of rotatable bonds is 8. The number of ether oxygens (including phenoxy) is 1. The molecule has 5 N–H and O–H groups in total. The average molecular weight is 461 g/mol. The van der Waals surface area contributed by atoms with Crippen molar-refractivity contribution < 1.29 is 23.2 Å². The number of aromatic nitrogens is 2. The van der Waals surface area contributed by atoms with Crippen LogP contribution in [0.4, 0.5) is 11.5 Å². The van der Waals surface area contributed by atoms with Crippen molar-refractivity contribution in [2.75, 3.05) is 37.0 Å². The number of anilines is 2. The first kappa shape index (κ1) is 22.0. The number of quaternary nitrogens is 1. The number of aliphatic hydroxyl groups is 1. The second kappa shape index (κ2) is 8.74. The number of nitrogens with one attached hydrogen (secondary N) is 4. The minimum absolute atomic E-state index is 0.00534. The van der Waals surface area contributed by atoms with Crippen LogP contribution < -0.4 is 24.6 Å². The summed E-state index contributed by atoms with van der Waals surface area (Å²) in [7, 11) is -2.46. The Balaban J connectivity index is 1.72. The number of aliphatic imine (C=N–C) groups is 1. The van der Waals surface area contributed by atoms with E-state index in [-0.39, 0.29) is 23.8 Å². The maximum atomic E-state index is 12.7. The predicted molar refractivity (Wildman–Crippen MR) is 120 cm³/mol. The van der Waals surface area contributed by atoms with Crippen molar-refractivity contribution in [2.24, 2.45) is 4.99 Å². The third kappa shape index (κ3) is 4.39. The summed E-state index contributed by atoms with van der Waals surface area (Å²) < 4.78 is 33.1. The van der Waals surface area contributed by atoms with Gasteiger partial charge in [-0.1, -0.05) is 0 Å². The largest absolute Gasteiger partial charge is 0.495 e. The van der Waals surface area contributed by atoms with Crippen LogP contribution in [0.15, 0.2) is 58.1 Å². The summed E-state index contributed by atoms with van der Waals surface area (Å²) in [5, 5.41) is 19.5. The number of aryl methyl sites for hydroxylation is 1. The maximum Gasteiger partial charge on any atom is 0.244 e. The molecular formula is C20H26N7O4S+. The standard InChI is InChI=1S/C20H25N7O4S/c1-13-8-18(25-24-13)23-20-12-26(11-19-22-14(2)10-27(19)20)15-4-5-16(31-3)17(9-15)32(29,30)21-6-7-28/h4-5,8-10,12,21,28H,6-7,11H2,1-3H3,(H2,23,24,25)/p+1. The van der Waals surface area contributed by atoms with E-state index in [9.17, 15) is 8.42 Å². The van der Waals surface area contributed by atoms with Crippen LogP contribution in [0.1, 0.15) is 12.6 Å². The molecule has 3 heterocycles. The Morgan fingerprint density at radius 1 is 1.31 bits per heavy atom. The van der Waals surface area contributed by atoms with E-state index in [0.29, 0.717) is 18.1 Å². The minimum atomic E-state index is -3.87. The number of hydrogen-bond acceptors (Lipinski definition) is 8. The second-order valence-electron chi connectivity index (χ2n) is 7.45. The summed E-state index contributed by atoms with van der Waals surface area (Å²) in [5.41, 5.74) is 2.48. The molecule has 4 rings (SSSR count). The number of sulfonamides is 1. The quantitative estimate of drug-likeness (QED) is 0.371. The summed E-state index contributed by atoms with van der Waals surface area (Å²) in [6, 6.07) is 6.84. The molecule has 32 heavy (non-hydrogen) atoms. The lowest BCUT2D eigenvalue weighted by Gasteiger charge is -2.29. The Kier molecular flexibility index (Phi) is 6.02. The van der Waals surface area contributed by atoms with E-state index >= 15 is 0 Å². The van der Waals surface area contributed by atoms with Crippen LogP contribution in [0, 0.1) is 6.92 Å². The molecule has 1 aromatic carbocycles. The van der Waals surface area contributed by atoms with Crippen LogP contribution in [0.5, 0.6) is 5.75 Å². The molecule has 0 amide bonds. The molecule has 2 aliphatic heterocycles. The van der Waals surface area contributed by atoms with Crippen molar-refractivity contribution in [1.82, 2.24) is 14.9 Å². The fourth-order valence-electron chi connectivity index (χ4n) is 3.58. The van der Waals surface area contributed by atoms with Crippen molar-refractivity contribution in [3.05, 3.63) is 53.9 Å². The molecule has 0 spiro atoms. The van der Waals surface area contributed by atoms with Crippen molar-refractivity contribution in [3.8, 4) is 5.75 Å². The second-order valence-corrected chi connectivity index (χ2v) is 9.18. The number of fused-ring (bicyclic) bond motifs is 1. The number of allylic oxidation sites excluding steroid dienone is 1. The van der Waals surface area contributed by atoms with Crippen molar-refractivity contribution in [1.29, 1.82) is 0 Å². The van der Waals surface area contributed by atoms with Crippen LogP contribution in [0.2, 0.25) is 0 Å². The van der Waals surface area contributed by atoms with Crippen molar-refractivity contribution >= 4 is 27.4 Å². The molecule has 2 aromatic rings. The smallest absolute Gasteiger partial charge is 0.244 e. The summed E-state index contributed by atoms with van der Waals surface area (Å²) >= 11 is 0. The first-order chi connectivity index (χ1) is 15.3. The van der Waals surface area contributed by atoms with Gasteiger partial charge in [0.1, 0.15) is 23.4 Å². The first-order valence-electron chi connectivity index (χ1n) is 10.0. The van der Waals surface area contributed by atoms with Crippen LogP contribution >= 0.6 is 0 Å². The molecule has 0 saturated heterocycles. The number of hydrogen-bond donors (Lipinski definition) is 5. The highest BCUT2D eigenvalue weighted by Gasteiger charge is 2.34. The van der Waals surface area contributed by atoms with Gasteiger partial charge in [-0.05, 0) is 32.0 Å². The predicted octanol–water partition coefficient (Wildman–Crippen LogP) is -0.113. The van der Waals surface area contributed by atoms with Gasteiger partial charge in [-0.3, -0.25) is 10.4 Å². The van der Waals surface area contributed by atoms with Crippen molar-refractivity contribution in [2.45, 2.75) is 18.7 Å². The van der Waals surface area contributed by atoms with Gasteiger partial charge in [0.05, 0.1) is 25.6 Å². The van der Waals surface area contributed by atoms with Gasteiger partial charge in [-0.2, -0.15) is 10.1 Å². The van der Waals surface area contributed by atoms with E-state index in [0.717, 1.165) is 27.9 Å². The number of methoxy groups -OCH3 is 1. The zero-order valence-electron chi connectivity index (χ0n) is 18.0. The third-order valence-corrected chi connectivity index (χ3v) is 6.49. The molecule has 170 valence electrons. The van der Waals surface area contributed by atoms with Gasteiger partial charge in [0, 0.05) is 24.0 Å². The van der Waals surface area contributed by atoms with Crippen LogP contribution in [0.25, 0.3) is 0 Å². The minimum Gasteiger partial charge on any atom is -0.495 e. The van der Waals surface area contributed by atoms with E-state index in [1.807, 2.05) is 37.2 Å². The van der Waals surface area contributed by atoms with Crippen molar-refractivity contribution in [3.63, 3.8) is 0 Å². The topological polar surface area (TPSA) is 136 Å². The number of benzene rings is 1. The highest BCUT2D eigenvalue weighted by molar-refractivity contribution is 7.89. The fraction of sp³-hybridized carbons (Fsp3) is 0.300. The Bertz CT molecular complexity index is 1220. The number of nitrogens with zero attached hydrogens (tertiary/aromatic N) is 3. The lowest BCUT2D eigenvalue weighted by molar-refractivity contribution is -0.698. The maximum absolute atomic E-state index is 12.7. The van der Waals surface area contributed by atoms with Crippen LogP contribution in [0.3, 0.4) is 0 Å². The Labute approximate surface area is 186 Å². The molecule has 12 heteroatoms. The number of amidine groups is 1. The van der Waals surface area contributed by atoms with E-state index in [2.05, 4.69) is 25.2 Å². The SMILES string of the molecule is COc1ccc(N2C=C(Nc3cc(C)[nH]n3)[NH+]3C=C(C)N=C3C2)cc1S(=O)(=O)NCCO. The van der Waals surface area contributed by atoms with E-state index in [4.69, 9.17) is 9.84 Å². The molecule has 1 unspecified atom stereocenters. The highest BCUT2D eigenvalue weighted by atomic mass is 32.2. The van der Waals surface area contributed by atoms with Gasteiger partial charge < -0.3 is 14.7 Å². The Hall–Kier alpha value is -3.19. The summed E-state index contributed by atoms with van der Waals surface area (Å²) in [6.45, 7) is 3.94. The molecule has 0 aliphatic carbocycles. The monoisotopic (exact) mass is 460 g/mol. The lowest BCUT2D eigenvalue weighted by Crippen LogP contribution is -3.10. The molecule has 0 radical (unpaired) electrons. The molecule has 0 fully saturated rings. The first-order valence-corrected chi connectivity index (χ1v) is 11.5. The molecule has 0 bridgehead atoms. The van der Waals surface area contributed by atoms with E-state index in [1.54, 1.807) is 18.2 Å². The highest BCUT2D eigenvalue weighted by Crippen LogP contribution is 2.30. The zero-order valence-corrected chi connectivity index (χ0v) is 18.8. The van der Waals surface area contributed by atoms with Crippen LogP contribution in [-0.2, 0) is 10.0 Å². The molecule has 2 aliphatic rings. The molecule has 1 atom stereocenters. The van der Waals surface area contributed by atoms with Gasteiger partial charge >= 0.3 is 0 Å². The summed E-state index contributed by atoms with van der Waals surface area (Å²) in [4.78, 5) is 7.53. The Morgan fingerprint density at radius 2 is 2.12 bits per heavy atom. The zero-order chi connectivity index (χ0) is 22.9. The molecule has 0 saturated carbocycles. The number of H-pyrrole nitrogens is 1. The van der Waals surface area contributed by atoms with Crippen LogP contribution in [-0.4, -0.2) is 56.4 Å². The Morgan fingerprint density at radius 3 is 2.81 bits per heavy atom. The molecule has 1 aromatic heterocycles. The molecular weight excluding hydrogens is 434 g/mol. The molecule has 11 nitrogen and oxygen atoms in total. The summed E-state index contributed by atoms with van der Waals surface area (Å²) in [6.07, 6.45) is 3.92. The van der Waals surface area contributed by atoms with Gasteiger partial charge in [0.2, 0.25) is 21.7 Å². The van der Waals surface area contributed by atoms with Gasteiger partial charge in [-0.15, -0.1) is 0 Å². The van der Waals surface area contributed by atoms with E-state index < -0.39 is 10.0 Å². The van der Waals surface area contributed by atoms with E-state index in [1.165, 1.54) is 7.11 Å². The number of aromatic amines is 1. The van der Waals surface area contributed by atoms with Gasteiger partial charge in [0.15, 0.2) is 5.82 Å². The van der Waals surface area contributed by atoms with Gasteiger partial charge in [-0.25, -0.2) is 18.0 Å². The lowest BCUT2D eigenvalue weighted by atomic mass is 10.2. The average Bonchev–Trinajstić information content (AvgIpc) is 3.36. The summed E-state index contributed by atoms with van der Waals surface area (Å²) in [5.74, 6) is 2.57. The normalized spacial score (nSPS) is 18.1. The fourth-order valence-corrected chi connectivity index (χ4v) is 4.79. The number of aliphatic hydroxyl groups excluding tert-OH is 1.